The molecule has 1 aliphatic heterocycles. The number of morpholine rings is 1. The summed E-state index contributed by atoms with van der Waals surface area (Å²) in [5, 5.41) is 1.15. The molecule has 0 aliphatic carbocycles. The van der Waals surface area contributed by atoms with E-state index in [0.717, 1.165) is 0 Å². The quantitative estimate of drug-likeness (QED) is 0.799. The summed E-state index contributed by atoms with van der Waals surface area (Å²) in [5.41, 5.74) is 0.552. The summed E-state index contributed by atoms with van der Waals surface area (Å²) in [6.45, 7) is 3.65. The number of fused-ring (bicyclic) bond motifs is 1. The van der Waals surface area contributed by atoms with Crippen LogP contribution in [0.2, 0.25) is 0 Å². The normalized spacial score (nSPS) is 19.3. The molecule has 1 saturated heterocycles. The van der Waals surface area contributed by atoms with Gasteiger partial charge in [-0.2, -0.15) is 0 Å². The molecule has 0 aromatic heterocycles. The molecule has 0 bridgehead atoms. The number of carbonyl (C=O) groups is 1. The van der Waals surface area contributed by atoms with Crippen LogP contribution in [0.25, 0.3) is 10.8 Å². The molecule has 0 N–H and O–H groups in total. The molecule has 1 unspecified atom stereocenters. The number of nitrogens with zero attached hydrogens (tertiary/aromatic N) is 1. The molecule has 0 spiro atoms. The molecule has 3 nitrogen and oxygen atoms in total. The van der Waals surface area contributed by atoms with E-state index in [1.165, 1.54) is 6.07 Å². The largest absolute Gasteiger partial charge is 0.375 e. The van der Waals surface area contributed by atoms with E-state index in [2.05, 4.69) is 0 Å². The van der Waals surface area contributed by atoms with Crippen molar-refractivity contribution >= 4 is 16.7 Å². The lowest BCUT2D eigenvalue weighted by molar-refractivity contribution is -0.0123. The zero-order chi connectivity index (χ0) is 14.1. The Bertz CT molecular complexity index is 656. The molecule has 0 saturated carbocycles. The Hall–Kier alpha value is -1.94. The summed E-state index contributed by atoms with van der Waals surface area (Å²) in [5.74, 6) is -0.358. The van der Waals surface area contributed by atoms with Gasteiger partial charge >= 0.3 is 0 Å². The molecular formula is C16H16FNO2. The fourth-order valence-electron chi connectivity index (χ4n) is 2.62. The van der Waals surface area contributed by atoms with Crippen LogP contribution in [0.5, 0.6) is 0 Å². The molecule has 1 amide bonds. The highest BCUT2D eigenvalue weighted by Crippen LogP contribution is 2.23. The van der Waals surface area contributed by atoms with Crippen LogP contribution < -0.4 is 0 Å². The highest BCUT2D eigenvalue weighted by Gasteiger charge is 2.24. The lowest BCUT2D eigenvalue weighted by atomic mass is 10.0. The molecule has 4 heteroatoms. The van der Waals surface area contributed by atoms with E-state index in [9.17, 15) is 9.18 Å². The maximum Gasteiger partial charge on any atom is 0.254 e. The predicted molar refractivity (Wildman–Crippen MR) is 75.2 cm³/mol. The van der Waals surface area contributed by atoms with Crippen molar-refractivity contribution in [2.24, 2.45) is 0 Å². The van der Waals surface area contributed by atoms with Crippen LogP contribution in [0.3, 0.4) is 0 Å². The minimum Gasteiger partial charge on any atom is -0.375 e. The Labute approximate surface area is 116 Å². The van der Waals surface area contributed by atoms with Gasteiger partial charge in [-0.25, -0.2) is 4.39 Å². The number of amides is 1. The molecular weight excluding hydrogens is 257 g/mol. The number of hydrogen-bond donors (Lipinski definition) is 0. The van der Waals surface area contributed by atoms with Crippen LogP contribution in [0.15, 0.2) is 36.4 Å². The number of carbonyl (C=O) groups excluding carboxylic acids is 1. The predicted octanol–water partition coefficient (Wildman–Crippen LogP) is 2.84. The first kappa shape index (κ1) is 13.1. The van der Waals surface area contributed by atoms with Crippen molar-refractivity contribution in [3.8, 4) is 0 Å². The molecule has 3 rings (SSSR count). The number of ether oxygens (including phenoxy) is 1. The number of rotatable bonds is 1. The van der Waals surface area contributed by atoms with Crippen molar-refractivity contribution in [3.05, 3.63) is 47.8 Å². The molecule has 0 radical (unpaired) electrons. The third-order valence-corrected chi connectivity index (χ3v) is 3.63. The van der Waals surface area contributed by atoms with Gasteiger partial charge in [0.05, 0.1) is 12.7 Å². The summed E-state index contributed by atoms with van der Waals surface area (Å²) in [6, 6.07) is 10.0. The van der Waals surface area contributed by atoms with Gasteiger partial charge in [0.25, 0.3) is 5.91 Å². The minimum absolute atomic E-state index is 0.0411. The summed E-state index contributed by atoms with van der Waals surface area (Å²) in [4.78, 5) is 14.4. The summed E-state index contributed by atoms with van der Waals surface area (Å²) in [7, 11) is 0. The Balaban J connectivity index is 2.01. The zero-order valence-electron chi connectivity index (χ0n) is 11.3. The summed E-state index contributed by atoms with van der Waals surface area (Å²) >= 11 is 0. The molecule has 1 fully saturated rings. The Morgan fingerprint density at radius 1 is 1.25 bits per heavy atom. The average Bonchev–Trinajstić information content (AvgIpc) is 2.47. The number of hydrogen-bond acceptors (Lipinski definition) is 2. The molecule has 2 aromatic carbocycles. The topological polar surface area (TPSA) is 29.5 Å². The van der Waals surface area contributed by atoms with Crippen molar-refractivity contribution in [1.29, 1.82) is 0 Å². The van der Waals surface area contributed by atoms with Crippen LogP contribution >= 0.6 is 0 Å². The van der Waals surface area contributed by atoms with Crippen LogP contribution in [-0.2, 0) is 4.74 Å². The lowest BCUT2D eigenvalue weighted by Gasteiger charge is -2.31. The van der Waals surface area contributed by atoms with Gasteiger partial charge in [0.2, 0.25) is 0 Å². The highest BCUT2D eigenvalue weighted by molar-refractivity contribution is 6.07. The second kappa shape index (κ2) is 5.21. The Kier molecular flexibility index (Phi) is 3.40. The number of halogens is 1. The van der Waals surface area contributed by atoms with Crippen LogP contribution in [0, 0.1) is 5.82 Å². The second-order valence-electron chi connectivity index (χ2n) is 5.07. The van der Waals surface area contributed by atoms with Crippen LogP contribution in [-0.4, -0.2) is 36.6 Å². The van der Waals surface area contributed by atoms with E-state index >= 15 is 0 Å². The Morgan fingerprint density at radius 2 is 2.00 bits per heavy atom. The monoisotopic (exact) mass is 273 g/mol. The third-order valence-electron chi connectivity index (χ3n) is 3.63. The molecule has 2 aromatic rings. The fraction of sp³-hybridized carbons (Fsp3) is 0.312. The van der Waals surface area contributed by atoms with Gasteiger partial charge < -0.3 is 9.64 Å². The maximum absolute atomic E-state index is 13.8. The summed E-state index contributed by atoms with van der Waals surface area (Å²) in [6.07, 6.45) is 0.0411. The van der Waals surface area contributed by atoms with Gasteiger partial charge in [-0.05, 0) is 24.4 Å². The number of benzene rings is 2. The summed E-state index contributed by atoms with van der Waals surface area (Å²) < 4.78 is 19.2. The van der Waals surface area contributed by atoms with E-state index in [1.807, 2.05) is 13.0 Å². The zero-order valence-corrected chi connectivity index (χ0v) is 11.3. The third kappa shape index (κ3) is 2.27. The van der Waals surface area contributed by atoms with Crippen LogP contribution in [0.1, 0.15) is 17.3 Å². The lowest BCUT2D eigenvalue weighted by Crippen LogP contribution is -2.44. The van der Waals surface area contributed by atoms with E-state index in [1.54, 1.807) is 29.2 Å². The van der Waals surface area contributed by atoms with Gasteiger partial charge in [-0.1, -0.05) is 24.3 Å². The van der Waals surface area contributed by atoms with E-state index < -0.39 is 0 Å². The van der Waals surface area contributed by atoms with Crippen molar-refractivity contribution in [3.63, 3.8) is 0 Å². The molecule has 1 heterocycles. The maximum atomic E-state index is 13.8. The first-order chi connectivity index (χ1) is 9.66. The van der Waals surface area contributed by atoms with Gasteiger partial charge in [-0.3, -0.25) is 4.79 Å². The standard InChI is InChI=1S/C16H16FNO2/c1-11-10-18(8-9-20-11)16(19)14-6-7-15(17)13-5-3-2-4-12(13)14/h2-7,11H,8-10H2,1H3. The van der Waals surface area contributed by atoms with Crippen LogP contribution in [0.4, 0.5) is 4.39 Å². The first-order valence-corrected chi connectivity index (χ1v) is 6.75. The molecule has 1 atom stereocenters. The molecule has 20 heavy (non-hydrogen) atoms. The highest BCUT2D eigenvalue weighted by atomic mass is 19.1. The van der Waals surface area contributed by atoms with E-state index in [0.29, 0.717) is 36.0 Å². The fourth-order valence-corrected chi connectivity index (χ4v) is 2.62. The van der Waals surface area contributed by atoms with Crippen molar-refractivity contribution < 1.29 is 13.9 Å². The average molecular weight is 273 g/mol. The smallest absolute Gasteiger partial charge is 0.254 e. The first-order valence-electron chi connectivity index (χ1n) is 6.75. The van der Waals surface area contributed by atoms with Gasteiger partial charge in [0.1, 0.15) is 5.82 Å². The SMILES string of the molecule is CC1CN(C(=O)c2ccc(F)c3ccccc23)CCO1. The Morgan fingerprint density at radius 3 is 2.75 bits per heavy atom. The second-order valence-corrected chi connectivity index (χ2v) is 5.07. The van der Waals surface area contributed by atoms with Crippen molar-refractivity contribution in [1.82, 2.24) is 4.90 Å². The van der Waals surface area contributed by atoms with Gasteiger partial charge in [-0.15, -0.1) is 0 Å². The van der Waals surface area contributed by atoms with Crippen molar-refractivity contribution in [2.45, 2.75) is 13.0 Å². The van der Waals surface area contributed by atoms with E-state index in [4.69, 9.17) is 4.74 Å². The molecule has 1 aliphatic rings. The minimum atomic E-state index is -0.299. The molecule has 104 valence electrons. The van der Waals surface area contributed by atoms with Gasteiger partial charge in [0, 0.05) is 24.0 Å². The van der Waals surface area contributed by atoms with Crippen molar-refractivity contribution in [2.75, 3.05) is 19.7 Å². The van der Waals surface area contributed by atoms with Gasteiger partial charge in [0.15, 0.2) is 0 Å². The van der Waals surface area contributed by atoms with E-state index in [-0.39, 0.29) is 17.8 Å².